The number of rotatable bonds is 6. The molecule has 0 aliphatic carbocycles. The summed E-state index contributed by atoms with van der Waals surface area (Å²) in [5.74, 6) is 1.44. The summed E-state index contributed by atoms with van der Waals surface area (Å²) in [6.07, 6.45) is 2.19. The smallest absolute Gasteiger partial charge is 0.318 e. The molecule has 146 valence electrons. The van der Waals surface area contributed by atoms with E-state index in [0.717, 1.165) is 23.5 Å². The lowest BCUT2D eigenvalue weighted by atomic mass is 10.0. The van der Waals surface area contributed by atoms with Crippen molar-refractivity contribution in [1.82, 2.24) is 19.8 Å². The highest BCUT2D eigenvalue weighted by atomic mass is 16.3. The fourth-order valence-electron chi connectivity index (χ4n) is 3.78. The first kappa shape index (κ1) is 19.4. The molecule has 2 amide bonds. The minimum absolute atomic E-state index is 0.0656. The number of imidazole rings is 1. The molecule has 0 spiro atoms. The number of benzene rings is 1. The first-order valence-corrected chi connectivity index (χ1v) is 9.76. The Labute approximate surface area is 161 Å². The second-order valence-electron chi connectivity index (χ2n) is 7.53. The second kappa shape index (κ2) is 8.57. The average molecular weight is 370 g/mol. The Morgan fingerprint density at radius 1 is 1.30 bits per heavy atom. The molecule has 6 nitrogen and oxygen atoms in total. The topological polar surface area (TPSA) is 70.4 Å². The molecule has 27 heavy (non-hydrogen) atoms. The van der Waals surface area contributed by atoms with Crippen LogP contribution < -0.4 is 5.32 Å². The van der Waals surface area contributed by atoms with E-state index in [1.54, 1.807) is 0 Å². The molecule has 2 aromatic rings. The molecule has 0 saturated heterocycles. The van der Waals surface area contributed by atoms with E-state index in [9.17, 15) is 9.90 Å². The number of hydrogen-bond donors (Lipinski definition) is 2. The average Bonchev–Trinajstić information content (AvgIpc) is 3.02. The Bertz CT molecular complexity index is 770. The molecule has 1 unspecified atom stereocenters. The van der Waals surface area contributed by atoms with E-state index >= 15 is 0 Å². The zero-order chi connectivity index (χ0) is 19.4. The highest BCUT2D eigenvalue weighted by Gasteiger charge is 2.27. The molecule has 1 aliphatic rings. The van der Waals surface area contributed by atoms with Crippen molar-refractivity contribution in [2.45, 2.75) is 51.6 Å². The number of nitrogens with one attached hydrogen (secondary N) is 1. The van der Waals surface area contributed by atoms with E-state index in [4.69, 9.17) is 4.98 Å². The third kappa shape index (κ3) is 4.33. The van der Waals surface area contributed by atoms with Crippen molar-refractivity contribution in [2.24, 2.45) is 7.05 Å². The van der Waals surface area contributed by atoms with Crippen molar-refractivity contribution in [3.63, 3.8) is 0 Å². The van der Waals surface area contributed by atoms with Gasteiger partial charge in [-0.3, -0.25) is 0 Å². The summed E-state index contributed by atoms with van der Waals surface area (Å²) < 4.78 is 2.18. The van der Waals surface area contributed by atoms with Gasteiger partial charge < -0.3 is 19.9 Å². The fraction of sp³-hybridized carbons (Fsp3) is 0.524. The molecule has 1 atom stereocenters. The summed E-state index contributed by atoms with van der Waals surface area (Å²) in [4.78, 5) is 19.5. The zero-order valence-electron chi connectivity index (χ0n) is 16.5. The van der Waals surface area contributed by atoms with Crippen LogP contribution in [0.4, 0.5) is 4.79 Å². The van der Waals surface area contributed by atoms with Gasteiger partial charge in [0.1, 0.15) is 5.82 Å². The molecule has 2 heterocycles. The Morgan fingerprint density at radius 2 is 2.04 bits per heavy atom. The summed E-state index contributed by atoms with van der Waals surface area (Å²) in [7, 11) is 2.07. The molecule has 1 aliphatic heterocycles. The maximum absolute atomic E-state index is 12.9. The first-order valence-electron chi connectivity index (χ1n) is 9.76. The van der Waals surface area contributed by atoms with Gasteiger partial charge in [0.25, 0.3) is 0 Å². The van der Waals surface area contributed by atoms with Gasteiger partial charge in [-0.2, -0.15) is 0 Å². The van der Waals surface area contributed by atoms with Crippen LogP contribution in [0.15, 0.2) is 30.3 Å². The van der Waals surface area contributed by atoms with Crippen molar-refractivity contribution < 1.29 is 9.90 Å². The van der Waals surface area contributed by atoms with Crippen molar-refractivity contribution in [2.75, 3.05) is 13.2 Å². The van der Waals surface area contributed by atoms with Crippen LogP contribution in [0.3, 0.4) is 0 Å². The second-order valence-corrected chi connectivity index (χ2v) is 7.53. The predicted molar refractivity (Wildman–Crippen MR) is 105 cm³/mol. The van der Waals surface area contributed by atoms with Crippen LogP contribution in [0, 0.1) is 0 Å². The Morgan fingerprint density at radius 3 is 2.70 bits per heavy atom. The standard InChI is InChI=1S/C21H30N4O2/c1-15(2)20-22-18-14-25(12-11-19(18)24(20)3)21(27)23-17(10-7-13-26)16-8-5-4-6-9-16/h4-6,8-9,15,17,26H,7,10-14H2,1-3H3,(H,23,27). The summed E-state index contributed by atoms with van der Waals surface area (Å²) in [5, 5.41) is 12.3. The lowest BCUT2D eigenvalue weighted by molar-refractivity contribution is 0.185. The molecule has 6 heteroatoms. The van der Waals surface area contributed by atoms with Crippen LogP contribution in [-0.2, 0) is 20.0 Å². The van der Waals surface area contributed by atoms with Crippen LogP contribution >= 0.6 is 0 Å². The lowest BCUT2D eigenvalue weighted by Gasteiger charge is -2.29. The molecule has 0 fully saturated rings. The largest absolute Gasteiger partial charge is 0.396 e. The molecule has 0 radical (unpaired) electrons. The van der Waals surface area contributed by atoms with Gasteiger partial charge in [-0.15, -0.1) is 0 Å². The van der Waals surface area contributed by atoms with Gasteiger partial charge in [0.15, 0.2) is 0 Å². The molecule has 3 rings (SSSR count). The summed E-state index contributed by atoms with van der Waals surface area (Å²) >= 11 is 0. The van der Waals surface area contributed by atoms with Crippen molar-refractivity contribution in [3.8, 4) is 0 Å². The molecule has 0 saturated carbocycles. The third-order valence-corrected chi connectivity index (χ3v) is 5.24. The SMILES string of the molecule is CC(C)c1nc2c(n1C)CCN(C(=O)NC(CCCO)c1ccccc1)C2. The van der Waals surface area contributed by atoms with Gasteiger partial charge in [-0.1, -0.05) is 44.2 Å². The van der Waals surface area contributed by atoms with Crippen molar-refractivity contribution in [3.05, 3.63) is 53.1 Å². The van der Waals surface area contributed by atoms with Crippen molar-refractivity contribution in [1.29, 1.82) is 0 Å². The monoisotopic (exact) mass is 370 g/mol. The Balaban J connectivity index is 1.71. The van der Waals surface area contributed by atoms with Crippen molar-refractivity contribution >= 4 is 6.03 Å². The van der Waals surface area contributed by atoms with E-state index in [1.165, 1.54) is 5.69 Å². The van der Waals surface area contributed by atoms with E-state index in [2.05, 4.69) is 30.8 Å². The van der Waals surface area contributed by atoms with E-state index in [1.807, 2.05) is 35.2 Å². The number of urea groups is 1. The van der Waals surface area contributed by atoms with Crippen LogP contribution in [0.2, 0.25) is 0 Å². The van der Waals surface area contributed by atoms with Crippen LogP contribution in [-0.4, -0.2) is 38.7 Å². The summed E-state index contributed by atoms with van der Waals surface area (Å²) in [6.45, 7) is 5.65. The number of carbonyl (C=O) groups excluding carboxylic acids is 1. The van der Waals surface area contributed by atoms with E-state index in [0.29, 0.717) is 31.8 Å². The quantitative estimate of drug-likeness (QED) is 0.821. The van der Waals surface area contributed by atoms with Gasteiger partial charge in [-0.25, -0.2) is 9.78 Å². The number of amides is 2. The lowest BCUT2D eigenvalue weighted by Crippen LogP contribution is -2.44. The van der Waals surface area contributed by atoms with Crippen LogP contribution in [0.25, 0.3) is 0 Å². The van der Waals surface area contributed by atoms with Gasteiger partial charge in [0, 0.05) is 38.2 Å². The molecule has 0 bridgehead atoms. The summed E-state index contributed by atoms with van der Waals surface area (Å²) in [5.41, 5.74) is 3.31. The van der Waals surface area contributed by atoms with Gasteiger partial charge in [-0.05, 0) is 18.4 Å². The normalized spacial score (nSPS) is 14.9. The molecule has 2 N–H and O–H groups in total. The molecule has 1 aromatic carbocycles. The first-order chi connectivity index (χ1) is 13.0. The minimum atomic E-state index is -0.0952. The predicted octanol–water partition coefficient (Wildman–Crippen LogP) is 3.13. The summed E-state index contributed by atoms with van der Waals surface area (Å²) in [6, 6.07) is 9.79. The number of hydrogen-bond acceptors (Lipinski definition) is 3. The highest BCUT2D eigenvalue weighted by molar-refractivity contribution is 5.75. The van der Waals surface area contributed by atoms with Gasteiger partial charge in [0.2, 0.25) is 0 Å². The number of aromatic nitrogens is 2. The molecular weight excluding hydrogens is 340 g/mol. The molecular formula is C21H30N4O2. The van der Waals surface area contributed by atoms with Gasteiger partial charge >= 0.3 is 6.03 Å². The highest BCUT2D eigenvalue weighted by Crippen LogP contribution is 2.24. The maximum Gasteiger partial charge on any atom is 0.318 e. The number of nitrogens with zero attached hydrogens (tertiary/aromatic N) is 3. The number of carbonyl (C=O) groups is 1. The number of aliphatic hydroxyl groups is 1. The fourth-order valence-corrected chi connectivity index (χ4v) is 3.78. The van der Waals surface area contributed by atoms with E-state index in [-0.39, 0.29) is 18.7 Å². The van der Waals surface area contributed by atoms with Crippen LogP contribution in [0.1, 0.15) is 61.4 Å². The van der Waals surface area contributed by atoms with Gasteiger partial charge in [0.05, 0.1) is 18.3 Å². The van der Waals surface area contributed by atoms with Crippen LogP contribution in [0.5, 0.6) is 0 Å². The van der Waals surface area contributed by atoms with E-state index < -0.39 is 0 Å². The Kier molecular flexibility index (Phi) is 6.16. The minimum Gasteiger partial charge on any atom is -0.396 e. The third-order valence-electron chi connectivity index (χ3n) is 5.24. The zero-order valence-corrected chi connectivity index (χ0v) is 16.5. The maximum atomic E-state index is 12.9. The number of aliphatic hydroxyl groups excluding tert-OH is 1. The Hall–Kier alpha value is -2.34. The molecule has 1 aromatic heterocycles. The number of fused-ring (bicyclic) bond motifs is 1.